The molecule has 0 aromatic heterocycles. The minimum Gasteiger partial charge on any atom is -0.324 e. The SMILES string of the molecule is CSc1ccc(S(=O)(=O)N(CC(=O)Nc2ccccc2C(C)C)c2cccc(F)c2)cc1. The summed E-state index contributed by atoms with van der Waals surface area (Å²) in [7, 11) is -4.11. The van der Waals surface area contributed by atoms with Gasteiger partial charge in [-0.25, -0.2) is 12.8 Å². The highest BCUT2D eigenvalue weighted by molar-refractivity contribution is 7.98. The standard InChI is InChI=1S/C24H25FN2O3S2/c1-17(2)22-9-4-5-10-23(22)26-24(28)16-27(19-8-6-7-18(25)15-19)32(29,30)21-13-11-20(31-3)12-14-21/h4-15,17H,16H2,1-3H3,(H,26,28). The molecule has 0 saturated carbocycles. The first-order valence-corrected chi connectivity index (χ1v) is 12.7. The zero-order valence-electron chi connectivity index (χ0n) is 18.1. The zero-order chi connectivity index (χ0) is 23.3. The fourth-order valence-corrected chi connectivity index (χ4v) is 5.08. The second-order valence-corrected chi connectivity index (χ2v) is 10.2. The van der Waals surface area contributed by atoms with Crippen LogP contribution in [0, 0.1) is 5.82 Å². The Labute approximate surface area is 192 Å². The van der Waals surface area contributed by atoms with Crippen LogP contribution in [0.25, 0.3) is 0 Å². The van der Waals surface area contributed by atoms with Gasteiger partial charge < -0.3 is 5.32 Å². The van der Waals surface area contributed by atoms with Crippen LogP contribution in [0.3, 0.4) is 0 Å². The number of halogens is 1. The number of carbonyl (C=O) groups is 1. The van der Waals surface area contributed by atoms with Gasteiger partial charge in [-0.1, -0.05) is 38.1 Å². The van der Waals surface area contributed by atoms with Crippen LogP contribution in [0.4, 0.5) is 15.8 Å². The van der Waals surface area contributed by atoms with Crippen molar-refractivity contribution >= 4 is 39.1 Å². The van der Waals surface area contributed by atoms with Gasteiger partial charge in [-0.05, 0) is 66.3 Å². The second kappa shape index (κ2) is 10.2. The number of carbonyl (C=O) groups excluding carboxylic acids is 1. The molecule has 3 rings (SSSR count). The molecule has 0 fully saturated rings. The predicted molar refractivity (Wildman–Crippen MR) is 128 cm³/mol. The lowest BCUT2D eigenvalue weighted by molar-refractivity contribution is -0.114. The van der Waals surface area contributed by atoms with E-state index in [9.17, 15) is 17.6 Å². The number of anilines is 2. The minimum absolute atomic E-state index is 0.0231. The number of amides is 1. The van der Waals surface area contributed by atoms with Crippen molar-refractivity contribution in [2.24, 2.45) is 0 Å². The van der Waals surface area contributed by atoms with Gasteiger partial charge in [-0.3, -0.25) is 9.10 Å². The quantitative estimate of drug-likeness (QED) is 0.439. The van der Waals surface area contributed by atoms with E-state index in [-0.39, 0.29) is 16.5 Å². The number of hydrogen-bond donors (Lipinski definition) is 1. The summed E-state index contributed by atoms with van der Waals surface area (Å²) in [4.78, 5) is 13.8. The van der Waals surface area contributed by atoms with Crippen LogP contribution in [-0.2, 0) is 14.8 Å². The first-order valence-electron chi connectivity index (χ1n) is 10.0. The molecule has 0 atom stereocenters. The second-order valence-electron chi connectivity index (χ2n) is 7.46. The third-order valence-electron chi connectivity index (χ3n) is 4.89. The van der Waals surface area contributed by atoms with Gasteiger partial charge in [0.15, 0.2) is 0 Å². The number of rotatable bonds is 8. The lowest BCUT2D eigenvalue weighted by Crippen LogP contribution is -2.38. The number of para-hydroxylation sites is 1. The maximum atomic E-state index is 13.9. The van der Waals surface area contributed by atoms with Gasteiger partial charge in [0.25, 0.3) is 10.0 Å². The molecule has 0 saturated heterocycles. The number of nitrogens with zero attached hydrogens (tertiary/aromatic N) is 1. The van der Waals surface area contributed by atoms with Gasteiger partial charge in [0, 0.05) is 10.6 Å². The summed E-state index contributed by atoms with van der Waals surface area (Å²) in [6.45, 7) is 3.52. The van der Waals surface area contributed by atoms with Gasteiger partial charge in [-0.15, -0.1) is 11.8 Å². The van der Waals surface area contributed by atoms with Gasteiger partial charge in [0.05, 0.1) is 10.6 Å². The van der Waals surface area contributed by atoms with E-state index in [0.717, 1.165) is 20.8 Å². The molecular formula is C24H25FN2O3S2. The van der Waals surface area contributed by atoms with Crippen LogP contribution >= 0.6 is 11.8 Å². The molecule has 3 aromatic rings. The molecule has 0 aliphatic heterocycles. The molecule has 0 aliphatic rings. The van der Waals surface area contributed by atoms with E-state index in [1.165, 1.54) is 42.1 Å². The van der Waals surface area contributed by atoms with Crippen molar-refractivity contribution in [2.75, 3.05) is 22.4 Å². The van der Waals surface area contributed by atoms with Gasteiger partial charge in [-0.2, -0.15) is 0 Å². The normalized spacial score (nSPS) is 11.4. The summed E-state index contributed by atoms with van der Waals surface area (Å²) < 4.78 is 41.7. The van der Waals surface area contributed by atoms with Crippen molar-refractivity contribution in [2.45, 2.75) is 29.6 Å². The molecular weight excluding hydrogens is 447 g/mol. The molecule has 0 spiro atoms. The highest BCUT2D eigenvalue weighted by Crippen LogP contribution is 2.27. The number of hydrogen-bond acceptors (Lipinski definition) is 4. The molecule has 0 unspecified atom stereocenters. The van der Waals surface area contributed by atoms with Crippen LogP contribution in [0.1, 0.15) is 25.3 Å². The van der Waals surface area contributed by atoms with Crippen molar-refractivity contribution in [1.29, 1.82) is 0 Å². The number of sulfonamides is 1. The summed E-state index contributed by atoms with van der Waals surface area (Å²) in [6, 6.07) is 18.9. The fraction of sp³-hybridized carbons (Fsp3) is 0.208. The van der Waals surface area contributed by atoms with E-state index in [0.29, 0.717) is 5.69 Å². The summed E-state index contributed by atoms with van der Waals surface area (Å²) in [5.41, 5.74) is 1.63. The minimum atomic E-state index is -4.11. The highest BCUT2D eigenvalue weighted by atomic mass is 32.2. The van der Waals surface area contributed by atoms with Crippen LogP contribution < -0.4 is 9.62 Å². The smallest absolute Gasteiger partial charge is 0.264 e. The van der Waals surface area contributed by atoms with Crippen LogP contribution in [0.2, 0.25) is 0 Å². The molecule has 0 heterocycles. The van der Waals surface area contributed by atoms with Gasteiger partial charge >= 0.3 is 0 Å². The van der Waals surface area contributed by atoms with Gasteiger partial charge in [0.1, 0.15) is 12.4 Å². The lowest BCUT2D eigenvalue weighted by Gasteiger charge is -2.24. The number of nitrogens with one attached hydrogen (secondary N) is 1. The topological polar surface area (TPSA) is 66.5 Å². The summed E-state index contributed by atoms with van der Waals surface area (Å²) in [5.74, 6) is -0.942. The third kappa shape index (κ3) is 5.49. The summed E-state index contributed by atoms with van der Waals surface area (Å²) in [5, 5.41) is 2.81. The summed E-state index contributed by atoms with van der Waals surface area (Å²) in [6.07, 6.45) is 1.89. The lowest BCUT2D eigenvalue weighted by atomic mass is 10.0. The zero-order valence-corrected chi connectivity index (χ0v) is 19.7. The molecule has 3 aromatic carbocycles. The van der Waals surface area contributed by atoms with E-state index in [1.54, 1.807) is 24.3 Å². The largest absolute Gasteiger partial charge is 0.324 e. The Kier molecular flexibility index (Phi) is 7.58. The Morgan fingerprint density at radius 1 is 1.03 bits per heavy atom. The van der Waals surface area contributed by atoms with Crippen molar-refractivity contribution < 1.29 is 17.6 Å². The molecule has 32 heavy (non-hydrogen) atoms. The van der Waals surface area contributed by atoms with Crippen LogP contribution in [0.5, 0.6) is 0 Å². The van der Waals surface area contributed by atoms with E-state index in [4.69, 9.17) is 0 Å². The van der Waals surface area contributed by atoms with E-state index in [1.807, 2.05) is 32.2 Å². The van der Waals surface area contributed by atoms with Crippen LogP contribution in [-0.4, -0.2) is 27.1 Å². The molecule has 5 nitrogen and oxygen atoms in total. The molecule has 0 bridgehead atoms. The van der Waals surface area contributed by atoms with Crippen molar-refractivity contribution in [3.05, 3.63) is 84.2 Å². The van der Waals surface area contributed by atoms with E-state index < -0.39 is 28.3 Å². The Bertz CT molecular complexity index is 1200. The Hall–Kier alpha value is -2.84. The molecule has 8 heteroatoms. The molecule has 1 N–H and O–H groups in total. The maximum absolute atomic E-state index is 13.9. The van der Waals surface area contributed by atoms with Gasteiger partial charge in [0.2, 0.25) is 5.91 Å². The first-order chi connectivity index (χ1) is 15.2. The van der Waals surface area contributed by atoms with Crippen molar-refractivity contribution in [1.82, 2.24) is 0 Å². The van der Waals surface area contributed by atoms with Crippen LogP contribution in [0.15, 0.2) is 82.6 Å². The Morgan fingerprint density at radius 2 is 1.72 bits per heavy atom. The summed E-state index contributed by atoms with van der Waals surface area (Å²) >= 11 is 1.49. The predicted octanol–water partition coefficient (Wildman–Crippen LogP) is 5.51. The molecule has 168 valence electrons. The first kappa shape index (κ1) is 23.8. The van der Waals surface area contributed by atoms with Crippen molar-refractivity contribution in [3.8, 4) is 0 Å². The highest BCUT2D eigenvalue weighted by Gasteiger charge is 2.28. The Balaban J connectivity index is 1.96. The third-order valence-corrected chi connectivity index (χ3v) is 7.42. The monoisotopic (exact) mass is 472 g/mol. The Morgan fingerprint density at radius 3 is 2.34 bits per heavy atom. The van der Waals surface area contributed by atoms with Crippen molar-refractivity contribution in [3.63, 3.8) is 0 Å². The molecule has 1 amide bonds. The van der Waals surface area contributed by atoms with E-state index >= 15 is 0 Å². The average molecular weight is 473 g/mol. The molecule has 0 radical (unpaired) electrons. The number of benzene rings is 3. The molecule has 0 aliphatic carbocycles. The number of thioether (sulfide) groups is 1. The fourth-order valence-electron chi connectivity index (χ4n) is 3.26. The maximum Gasteiger partial charge on any atom is 0.264 e. The van der Waals surface area contributed by atoms with E-state index in [2.05, 4.69) is 5.32 Å². The average Bonchev–Trinajstić information content (AvgIpc) is 2.77.